The number of nitrogens with two attached hydrogens (primary N) is 1. The minimum atomic E-state index is -3.49. The fourth-order valence-corrected chi connectivity index (χ4v) is 3.49. The van der Waals surface area contributed by atoms with E-state index in [-0.39, 0.29) is 15.7 Å². The van der Waals surface area contributed by atoms with Gasteiger partial charge in [-0.3, -0.25) is 4.79 Å². The van der Waals surface area contributed by atoms with Crippen LogP contribution in [0.3, 0.4) is 0 Å². The molecule has 0 amide bonds. The van der Waals surface area contributed by atoms with Crippen molar-refractivity contribution in [1.29, 1.82) is 0 Å². The molecule has 0 aliphatic carbocycles. The van der Waals surface area contributed by atoms with Crippen LogP contribution in [0.2, 0.25) is 0 Å². The summed E-state index contributed by atoms with van der Waals surface area (Å²) in [6.45, 7) is 1.53. The maximum absolute atomic E-state index is 12.1. The summed E-state index contributed by atoms with van der Waals surface area (Å²) in [5, 5.41) is 7.89. The number of rotatable bonds is 5. The largest absolute Gasteiger partial charge is 0.334 e. The topological polar surface area (TPSA) is 111 Å². The zero-order valence-electron chi connectivity index (χ0n) is 12.9. The molecule has 0 bridgehead atoms. The zero-order valence-corrected chi connectivity index (χ0v) is 14.6. The molecule has 10 heteroatoms. The molecule has 8 nitrogen and oxygen atoms in total. The Labute approximate surface area is 138 Å². The van der Waals surface area contributed by atoms with Gasteiger partial charge in [0, 0.05) is 19.8 Å². The van der Waals surface area contributed by atoms with Gasteiger partial charge in [0.25, 0.3) is 5.56 Å². The number of aryl methyl sites for hydroxylation is 1. The Balaban J connectivity index is 2.23. The van der Waals surface area contributed by atoms with Gasteiger partial charge >= 0.3 is 0 Å². The lowest BCUT2D eigenvalue weighted by Gasteiger charge is -2.12. The van der Waals surface area contributed by atoms with Gasteiger partial charge in [-0.25, -0.2) is 12.7 Å². The molecule has 0 saturated carbocycles. The molecule has 2 rings (SSSR count). The molecule has 0 aliphatic heterocycles. The summed E-state index contributed by atoms with van der Waals surface area (Å²) in [6, 6.07) is 6.59. The Morgan fingerprint density at radius 2 is 2.00 bits per heavy atom. The van der Waals surface area contributed by atoms with E-state index >= 15 is 0 Å². The van der Waals surface area contributed by atoms with Crippen molar-refractivity contribution in [3.8, 4) is 0 Å². The molecule has 1 aromatic carbocycles. The summed E-state index contributed by atoms with van der Waals surface area (Å²) in [4.78, 5) is 11.9. The van der Waals surface area contributed by atoms with E-state index in [1.165, 1.54) is 38.8 Å². The normalized spacial score (nSPS) is 11.8. The first-order valence-corrected chi connectivity index (χ1v) is 9.01. The van der Waals surface area contributed by atoms with E-state index in [4.69, 9.17) is 5.84 Å². The van der Waals surface area contributed by atoms with Crippen LogP contribution in [0.15, 0.2) is 39.1 Å². The van der Waals surface area contributed by atoms with Crippen LogP contribution in [0, 0.1) is 6.92 Å². The standard InChI is InChI=1S/C13H17N5O3S2/c1-9-12(19)18(14)13(16-15-9)22-8-10-5-4-6-11(7-10)23(20,21)17(2)3/h4-7H,8,14H2,1-3H3. The Kier molecular flexibility index (Phi) is 5.07. The molecule has 0 radical (unpaired) electrons. The van der Waals surface area contributed by atoms with Gasteiger partial charge in [0.2, 0.25) is 15.2 Å². The molecule has 0 atom stereocenters. The lowest BCUT2D eigenvalue weighted by molar-refractivity contribution is 0.520. The average Bonchev–Trinajstić information content (AvgIpc) is 2.52. The maximum Gasteiger partial charge on any atom is 0.294 e. The van der Waals surface area contributed by atoms with Crippen molar-refractivity contribution in [2.45, 2.75) is 22.7 Å². The van der Waals surface area contributed by atoms with Gasteiger partial charge in [0.05, 0.1) is 4.90 Å². The molecule has 0 saturated heterocycles. The van der Waals surface area contributed by atoms with Crippen LogP contribution in [0.5, 0.6) is 0 Å². The molecule has 0 aliphatic rings. The number of benzene rings is 1. The van der Waals surface area contributed by atoms with Gasteiger partial charge in [-0.05, 0) is 24.6 Å². The number of sulfonamides is 1. The lowest BCUT2D eigenvalue weighted by atomic mass is 10.2. The van der Waals surface area contributed by atoms with Gasteiger partial charge < -0.3 is 5.84 Å². The first kappa shape index (κ1) is 17.4. The number of thioether (sulfide) groups is 1. The highest BCUT2D eigenvalue weighted by atomic mass is 32.2. The lowest BCUT2D eigenvalue weighted by Crippen LogP contribution is -2.32. The molecule has 0 spiro atoms. The maximum atomic E-state index is 12.1. The van der Waals surface area contributed by atoms with Gasteiger partial charge in [-0.1, -0.05) is 23.9 Å². The van der Waals surface area contributed by atoms with E-state index in [9.17, 15) is 13.2 Å². The Morgan fingerprint density at radius 1 is 1.30 bits per heavy atom. The third-order valence-corrected chi connectivity index (χ3v) is 5.89. The molecule has 23 heavy (non-hydrogen) atoms. The second kappa shape index (κ2) is 6.69. The summed E-state index contributed by atoms with van der Waals surface area (Å²) < 4.78 is 26.3. The van der Waals surface area contributed by atoms with E-state index in [1.54, 1.807) is 18.2 Å². The van der Waals surface area contributed by atoms with E-state index in [1.807, 2.05) is 0 Å². The predicted molar refractivity (Wildman–Crippen MR) is 88.1 cm³/mol. The quantitative estimate of drug-likeness (QED) is 0.602. The third kappa shape index (κ3) is 3.71. The van der Waals surface area contributed by atoms with E-state index in [0.717, 1.165) is 14.5 Å². The Morgan fingerprint density at radius 3 is 2.65 bits per heavy atom. The molecular weight excluding hydrogens is 338 g/mol. The van der Waals surface area contributed by atoms with Gasteiger partial charge in [-0.2, -0.15) is 4.68 Å². The molecule has 2 N–H and O–H groups in total. The first-order chi connectivity index (χ1) is 10.7. The number of nitrogen functional groups attached to an aromatic ring is 1. The van der Waals surface area contributed by atoms with Crippen molar-refractivity contribution in [2.75, 3.05) is 19.9 Å². The average molecular weight is 355 g/mol. The monoisotopic (exact) mass is 355 g/mol. The summed E-state index contributed by atoms with van der Waals surface area (Å²) >= 11 is 1.21. The molecule has 0 unspecified atom stereocenters. The fourth-order valence-electron chi connectivity index (χ4n) is 1.72. The van der Waals surface area contributed by atoms with Crippen molar-refractivity contribution >= 4 is 21.8 Å². The van der Waals surface area contributed by atoms with Crippen molar-refractivity contribution in [3.63, 3.8) is 0 Å². The molecule has 124 valence electrons. The summed E-state index contributed by atoms with van der Waals surface area (Å²) in [5.41, 5.74) is 0.579. The van der Waals surface area contributed by atoms with Crippen LogP contribution < -0.4 is 11.4 Å². The summed E-state index contributed by atoms with van der Waals surface area (Å²) in [6.07, 6.45) is 0. The van der Waals surface area contributed by atoms with Gasteiger partial charge in [0.1, 0.15) is 5.69 Å². The van der Waals surface area contributed by atoms with E-state index < -0.39 is 15.6 Å². The van der Waals surface area contributed by atoms with E-state index in [2.05, 4.69) is 10.2 Å². The SMILES string of the molecule is Cc1nnc(SCc2cccc(S(=O)(=O)N(C)C)c2)n(N)c1=O. The second-order valence-corrected chi connectivity index (χ2v) is 8.06. The van der Waals surface area contributed by atoms with Crippen LogP contribution in [-0.4, -0.2) is 41.7 Å². The van der Waals surface area contributed by atoms with Crippen molar-refractivity contribution < 1.29 is 8.42 Å². The van der Waals surface area contributed by atoms with Crippen molar-refractivity contribution in [2.24, 2.45) is 0 Å². The molecular formula is C13H17N5O3S2. The first-order valence-electron chi connectivity index (χ1n) is 6.59. The highest BCUT2D eigenvalue weighted by molar-refractivity contribution is 7.98. The van der Waals surface area contributed by atoms with Gasteiger partial charge in [0.15, 0.2) is 0 Å². The minimum Gasteiger partial charge on any atom is -0.334 e. The van der Waals surface area contributed by atoms with Gasteiger partial charge in [-0.15, -0.1) is 10.2 Å². The Bertz CT molecular complexity index is 877. The van der Waals surface area contributed by atoms with Crippen molar-refractivity contribution in [3.05, 3.63) is 45.9 Å². The zero-order chi connectivity index (χ0) is 17.2. The highest BCUT2D eigenvalue weighted by Crippen LogP contribution is 2.21. The second-order valence-electron chi connectivity index (χ2n) is 4.97. The fraction of sp³-hybridized carbons (Fsp3) is 0.308. The predicted octanol–water partition coefficient (Wildman–Crippen LogP) is 0.203. The van der Waals surface area contributed by atoms with Crippen LogP contribution in [0.1, 0.15) is 11.3 Å². The third-order valence-electron chi connectivity index (χ3n) is 3.06. The highest BCUT2D eigenvalue weighted by Gasteiger charge is 2.17. The molecule has 0 fully saturated rings. The smallest absolute Gasteiger partial charge is 0.294 e. The summed E-state index contributed by atoms with van der Waals surface area (Å²) in [7, 11) is -0.531. The van der Waals surface area contributed by atoms with Crippen molar-refractivity contribution in [1.82, 2.24) is 19.2 Å². The van der Waals surface area contributed by atoms with E-state index in [0.29, 0.717) is 5.75 Å². The van der Waals surface area contributed by atoms with Crippen LogP contribution in [-0.2, 0) is 15.8 Å². The molecule has 2 aromatic rings. The number of hydrogen-bond donors (Lipinski definition) is 1. The number of nitrogens with zero attached hydrogens (tertiary/aromatic N) is 4. The van der Waals surface area contributed by atoms with Crippen LogP contribution in [0.4, 0.5) is 0 Å². The number of aromatic nitrogens is 3. The molecule has 1 heterocycles. The minimum absolute atomic E-state index is 0.209. The Hall–Kier alpha value is -1.91. The van der Waals surface area contributed by atoms with Crippen LogP contribution >= 0.6 is 11.8 Å². The summed E-state index contributed by atoms with van der Waals surface area (Å²) in [5.74, 6) is 6.07. The van der Waals surface area contributed by atoms with Crippen LogP contribution in [0.25, 0.3) is 0 Å². The molecule has 1 aromatic heterocycles. The number of hydrogen-bond acceptors (Lipinski definition) is 7.